The van der Waals surface area contributed by atoms with Gasteiger partial charge in [-0.05, 0) is 72.8 Å². The Bertz CT molecular complexity index is 1360. The lowest BCUT2D eigenvalue weighted by atomic mass is 10.0. The van der Waals surface area contributed by atoms with Crippen molar-refractivity contribution in [2.75, 3.05) is 19.0 Å². The molecule has 4 rings (SSSR count). The summed E-state index contributed by atoms with van der Waals surface area (Å²) in [5.41, 5.74) is 2.05. The number of thioether (sulfide) groups is 1. The number of benzene rings is 2. The first kappa shape index (κ1) is 23.8. The average molecular weight is 493 g/mol. The van der Waals surface area contributed by atoms with Crippen LogP contribution in [0.3, 0.4) is 0 Å². The summed E-state index contributed by atoms with van der Waals surface area (Å²) in [5, 5.41) is 11.3. The Kier molecular flexibility index (Phi) is 6.74. The number of amides is 3. The molecule has 2 aromatic carbocycles. The molecule has 178 valence electrons. The van der Waals surface area contributed by atoms with Crippen molar-refractivity contribution in [3.63, 3.8) is 0 Å². The molecule has 0 aliphatic carbocycles. The van der Waals surface area contributed by atoms with Crippen molar-refractivity contribution in [2.24, 2.45) is 0 Å². The number of aromatic carboxylic acids is 1. The second-order valence-electron chi connectivity index (χ2n) is 7.58. The zero-order valence-corrected chi connectivity index (χ0v) is 19.5. The second kappa shape index (κ2) is 9.90. The summed E-state index contributed by atoms with van der Waals surface area (Å²) in [6.07, 6.45) is 1.42. The molecule has 9 nitrogen and oxygen atoms in total. The van der Waals surface area contributed by atoms with Gasteiger partial charge in [-0.3, -0.25) is 19.3 Å². The molecule has 1 aromatic heterocycles. The number of nitrogens with one attached hydrogen (secondary N) is 1. The van der Waals surface area contributed by atoms with Gasteiger partial charge >= 0.3 is 5.97 Å². The first-order valence-corrected chi connectivity index (χ1v) is 11.2. The number of methoxy groups -OCH3 is 1. The first-order valence-electron chi connectivity index (χ1n) is 10.4. The third-order valence-electron chi connectivity index (χ3n) is 5.20. The molecular formula is C25H20N2O7S. The van der Waals surface area contributed by atoms with Gasteiger partial charge in [0.1, 0.15) is 23.8 Å². The van der Waals surface area contributed by atoms with Crippen LogP contribution in [-0.2, 0) is 9.59 Å². The number of imide groups is 1. The number of carbonyl (C=O) groups excluding carboxylic acids is 3. The summed E-state index contributed by atoms with van der Waals surface area (Å²) in [6, 6.07) is 14.6. The molecule has 1 aliphatic heterocycles. The predicted molar refractivity (Wildman–Crippen MR) is 130 cm³/mol. The fourth-order valence-electron chi connectivity index (χ4n) is 3.38. The van der Waals surface area contributed by atoms with Gasteiger partial charge in [-0.25, -0.2) is 4.79 Å². The van der Waals surface area contributed by atoms with E-state index in [1.807, 2.05) is 6.92 Å². The van der Waals surface area contributed by atoms with Crippen LogP contribution in [0.2, 0.25) is 0 Å². The van der Waals surface area contributed by atoms with Gasteiger partial charge in [0.25, 0.3) is 11.1 Å². The van der Waals surface area contributed by atoms with Crippen LogP contribution in [0.25, 0.3) is 17.4 Å². The first-order chi connectivity index (χ1) is 16.7. The number of carboxylic acid groups (broad SMARTS) is 1. The highest BCUT2D eigenvalue weighted by Crippen LogP contribution is 2.34. The van der Waals surface area contributed by atoms with Gasteiger partial charge in [0.15, 0.2) is 0 Å². The Morgan fingerprint density at radius 2 is 1.86 bits per heavy atom. The Morgan fingerprint density at radius 1 is 1.11 bits per heavy atom. The van der Waals surface area contributed by atoms with Crippen molar-refractivity contribution >= 4 is 46.5 Å². The van der Waals surface area contributed by atoms with E-state index in [-0.39, 0.29) is 10.5 Å². The molecule has 35 heavy (non-hydrogen) atoms. The van der Waals surface area contributed by atoms with Gasteiger partial charge in [0.2, 0.25) is 5.91 Å². The fourth-order valence-corrected chi connectivity index (χ4v) is 4.20. The van der Waals surface area contributed by atoms with E-state index in [0.29, 0.717) is 40.3 Å². The van der Waals surface area contributed by atoms with Crippen LogP contribution >= 0.6 is 11.8 Å². The maximum absolute atomic E-state index is 12.8. The molecule has 3 amide bonds. The van der Waals surface area contributed by atoms with Gasteiger partial charge in [-0.1, -0.05) is 6.07 Å². The minimum absolute atomic E-state index is 0.115. The van der Waals surface area contributed by atoms with Crippen LogP contribution in [0.1, 0.15) is 21.7 Å². The number of carboxylic acids is 1. The van der Waals surface area contributed by atoms with Crippen molar-refractivity contribution in [3.05, 3.63) is 76.4 Å². The zero-order chi connectivity index (χ0) is 25.1. The van der Waals surface area contributed by atoms with Crippen LogP contribution in [-0.4, -0.2) is 46.7 Å². The van der Waals surface area contributed by atoms with Gasteiger partial charge in [0, 0.05) is 17.3 Å². The maximum atomic E-state index is 12.8. The van der Waals surface area contributed by atoms with Crippen LogP contribution in [0.15, 0.2) is 63.9 Å². The van der Waals surface area contributed by atoms with E-state index in [1.165, 1.54) is 25.3 Å². The Hall–Kier alpha value is -4.31. The molecular weight excluding hydrogens is 472 g/mol. The van der Waals surface area contributed by atoms with Crippen LogP contribution in [0.4, 0.5) is 10.5 Å². The molecule has 2 N–H and O–H groups in total. The molecule has 0 atom stereocenters. The number of ether oxygens (including phenoxy) is 1. The predicted octanol–water partition coefficient (Wildman–Crippen LogP) is 4.64. The van der Waals surface area contributed by atoms with Gasteiger partial charge in [-0.15, -0.1) is 0 Å². The quantitative estimate of drug-likeness (QED) is 0.457. The minimum atomic E-state index is -1.05. The fraction of sp³-hybridized carbons (Fsp3) is 0.120. The summed E-state index contributed by atoms with van der Waals surface area (Å²) >= 11 is 0.709. The number of aryl methyl sites for hydroxylation is 1. The van der Waals surface area contributed by atoms with Crippen molar-refractivity contribution in [1.29, 1.82) is 0 Å². The van der Waals surface area contributed by atoms with Crippen LogP contribution in [0.5, 0.6) is 5.75 Å². The lowest BCUT2D eigenvalue weighted by Crippen LogP contribution is -2.36. The molecule has 1 saturated heterocycles. The zero-order valence-electron chi connectivity index (χ0n) is 18.7. The topological polar surface area (TPSA) is 126 Å². The number of nitrogens with zero attached hydrogens (tertiary/aromatic N) is 1. The van der Waals surface area contributed by atoms with Crippen molar-refractivity contribution in [3.8, 4) is 17.1 Å². The molecule has 0 saturated carbocycles. The molecule has 10 heteroatoms. The number of rotatable bonds is 7. The molecule has 0 unspecified atom stereocenters. The van der Waals surface area contributed by atoms with Crippen LogP contribution in [0, 0.1) is 6.92 Å². The third kappa shape index (κ3) is 5.28. The maximum Gasteiger partial charge on any atom is 0.335 e. The molecule has 0 spiro atoms. The van der Waals surface area contributed by atoms with E-state index in [0.717, 1.165) is 10.5 Å². The second-order valence-corrected chi connectivity index (χ2v) is 8.57. The summed E-state index contributed by atoms with van der Waals surface area (Å²) < 4.78 is 10.9. The molecule has 1 aliphatic rings. The largest absolute Gasteiger partial charge is 0.497 e. The Labute approximate surface area is 204 Å². The molecule has 3 aromatic rings. The summed E-state index contributed by atoms with van der Waals surface area (Å²) in [6.45, 7) is 1.39. The SMILES string of the molecule is COc1ccc(NC(=O)CN2C(=O)S/C(=C\c3ccc(-c4cc(C(=O)O)ccc4C)o3)C2=O)cc1. The molecule has 2 heterocycles. The van der Waals surface area contributed by atoms with Gasteiger partial charge in [-0.2, -0.15) is 0 Å². The number of carbonyl (C=O) groups is 4. The van der Waals surface area contributed by atoms with Gasteiger partial charge in [0.05, 0.1) is 17.6 Å². The van der Waals surface area contributed by atoms with Crippen molar-refractivity contribution < 1.29 is 33.4 Å². The van der Waals surface area contributed by atoms with E-state index in [9.17, 15) is 24.3 Å². The Balaban J connectivity index is 1.46. The van der Waals surface area contributed by atoms with E-state index in [1.54, 1.807) is 42.5 Å². The van der Waals surface area contributed by atoms with E-state index < -0.39 is 29.6 Å². The average Bonchev–Trinajstić information content (AvgIpc) is 3.40. The lowest BCUT2D eigenvalue weighted by molar-refractivity contribution is -0.127. The monoisotopic (exact) mass is 492 g/mol. The lowest BCUT2D eigenvalue weighted by Gasteiger charge is -2.12. The van der Waals surface area contributed by atoms with E-state index >= 15 is 0 Å². The standard InChI is InChI=1S/C25H20N2O7S/c1-14-3-4-15(24(30)31)11-19(14)20-10-9-18(34-20)12-21-23(29)27(25(32)35-21)13-22(28)26-16-5-7-17(33-2)8-6-16/h3-12H,13H2,1-2H3,(H,26,28)(H,30,31)/b21-12-. The number of hydrogen-bond donors (Lipinski definition) is 2. The number of hydrogen-bond acceptors (Lipinski definition) is 7. The summed E-state index contributed by atoms with van der Waals surface area (Å²) in [5.74, 6) is -0.810. The molecule has 1 fully saturated rings. The van der Waals surface area contributed by atoms with Crippen molar-refractivity contribution in [1.82, 2.24) is 4.90 Å². The van der Waals surface area contributed by atoms with Crippen LogP contribution < -0.4 is 10.1 Å². The van der Waals surface area contributed by atoms with E-state index in [4.69, 9.17) is 9.15 Å². The summed E-state index contributed by atoms with van der Waals surface area (Å²) in [4.78, 5) is 49.8. The summed E-state index contributed by atoms with van der Waals surface area (Å²) in [7, 11) is 1.53. The Morgan fingerprint density at radius 3 is 2.54 bits per heavy atom. The highest BCUT2D eigenvalue weighted by atomic mass is 32.2. The van der Waals surface area contributed by atoms with Gasteiger partial charge < -0.3 is 19.6 Å². The number of furan rings is 1. The smallest absolute Gasteiger partial charge is 0.335 e. The highest BCUT2D eigenvalue weighted by Gasteiger charge is 2.36. The normalized spacial score (nSPS) is 14.5. The number of anilines is 1. The third-order valence-corrected chi connectivity index (χ3v) is 6.11. The van der Waals surface area contributed by atoms with Crippen molar-refractivity contribution in [2.45, 2.75) is 6.92 Å². The molecule has 0 radical (unpaired) electrons. The molecule has 0 bridgehead atoms. The minimum Gasteiger partial charge on any atom is -0.497 e. The van der Waals surface area contributed by atoms with E-state index in [2.05, 4.69) is 5.32 Å². The highest BCUT2D eigenvalue weighted by molar-refractivity contribution is 8.18.